The van der Waals surface area contributed by atoms with Gasteiger partial charge in [-0.05, 0) is 19.3 Å². The molecule has 0 spiro atoms. The molecule has 1 atom stereocenters. The van der Waals surface area contributed by atoms with Crippen LogP contribution in [-0.2, 0) is 6.54 Å². The molecule has 0 fully saturated rings. The fourth-order valence-corrected chi connectivity index (χ4v) is 1.89. The molecular formula is C11H17N5. The highest BCUT2D eigenvalue weighted by Gasteiger charge is 2.07. The standard InChI is InChI=1S/C11H17N5/c1-2-11(15-8-5-12-10-15)4-3-7-16-9-6-13-14-16/h5-6,8-11H,2-4,7H2,1H3. The summed E-state index contributed by atoms with van der Waals surface area (Å²) in [6.07, 6.45) is 12.8. The second kappa shape index (κ2) is 5.44. The molecule has 2 aromatic heterocycles. The van der Waals surface area contributed by atoms with Gasteiger partial charge in [-0.1, -0.05) is 12.1 Å². The van der Waals surface area contributed by atoms with Gasteiger partial charge in [-0.3, -0.25) is 4.68 Å². The first-order valence-corrected chi connectivity index (χ1v) is 5.71. The third-order valence-corrected chi connectivity index (χ3v) is 2.81. The summed E-state index contributed by atoms with van der Waals surface area (Å²) in [5, 5.41) is 7.74. The summed E-state index contributed by atoms with van der Waals surface area (Å²) >= 11 is 0. The molecule has 1 unspecified atom stereocenters. The second-order valence-electron chi connectivity index (χ2n) is 3.88. The molecule has 0 amide bonds. The highest BCUT2D eigenvalue weighted by molar-refractivity contribution is 4.80. The quantitative estimate of drug-likeness (QED) is 0.745. The van der Waals surface area contributed by atoms with Gasteiger partial charge in [0.1, 0.15) is 0 Å². The molecule has 0 aromatic carbocycles. The van der Waals surface area contributed by atoms with Crippen LogP contribution in [-0.4, -0.2) is 24.5 Å². The van der Waals surface area contributed by atoms with Crippen molar-refractivity contribution >= 4 is 0 Å². The third-order valence-electron chi connectivity index (χ3n) is 2.81. The van der Waals surface area contributed by atoms with E-state index in [0.29, 0.717) is 6.04 Å². The van der Waals surface area contributed by atoms with Crippen molar-refractivity contribution in [1.82, 2.24) is 24.5 Å². The summed E-state index contributed by atoms with van der Waals surface area (Å²) in [6.45, 7) is 3.14. The molecule has 2 aromatic rings. The van der Waals surface area contributed by atoms with E-state index in [0.717, 1.165) is 25.8 Å². The maximum absolute atomic E-state index is 4.08. The van der Waals surface area contributed by atoms with E-state index < -0.39 is 0 Å². The van der Waals surface area contributed by atoms with Crippen molar-refractivity contribution in [3.8, 4) is 0 Å². The molecule has 5 nitrogen and oxygen atoms in total. The Bertz CT molecular complexity index is 378. The van der Waals surface area contributed by atoms with Gasteiger partial charge in [0.15, 0.2) is 0 Å². The minimum Gasteiger partial charge on any atom is -0.334 e. The van der Waals surface area contributed by atoms with Crippen LogP contribution in [0.5, 0.6) is 0 Å². The smallest absolute Gasteiger partial charge is 0.0948 e. The number of aryl methyl sites for hydroxylation is 1. The highest BCUT2D eigenvalue weighted by Crippen LogP contribution is 2.17. The Balaban J connectivity index is 1.80. The van der Waals surface area contributed by atoms with Crippen LogP contribution in [0.4, 0.5) is 0 Å². The lowest BCUT2D eigenvalue weighted by molar-refractivity contribution is 0.412. The molecule has 0 N–H and O–H groups in total. The fourth-order valence-electron chi connectivity index (χ4n) is 1.89. The van der Waals surface area contributed by atoms with E-state index in [9.17, 15) is 0 Å². The number of imidazole rings is 1. The molecule has 2 heterocycles. The van der Waals surface area contributed by atoms with Crippen molar-refractivity contribution in [2.24, 2.45) is 0 Å². The van der Waals surface area contributed by atoms with Gasteiger partial charge in [-0.2, -0.15) is 0 Å². The summed E-state index contributed by atoms with van der Waals surface area (Å²) in [5.41, 5.74) is 0. The van der Waals surface area contributed by atoms with E-state index in [1.807, 2.05) is 29.6 Å². The van der Waals surface area contributed by atoms with Crippen molar-refractivity contribution in [2.45, 2.75) is 38.8 Å². The molecule has 0 saturated heterocycles. The first-order chi connectivity index (χ1) is 7.90. The van der Waals surface area contributed by atoms with Gasteiger partial charge >= 0.3 is 0 Å². The molecule has 86 valence electrons. The number of aromatic nitrogens is 5. The minimum atomic E-state index is 0.547. The van der Waals surface area contributed by atoms with Crippen LogP contribution >= 0.6 is 0 Å². The van der Waals surface area contributed by atoms with Crippen LogP contribution in [0, 0.1) is 0 Å². The lowest BCUT2D eigenvalue weighted by atomic mass is 10.1. The van der Waals surface area contributed by atoms with E-state index in [2.05, 4.69) is 26.8 Å². The second-order valence-corrected chi connectivity index (χ2v) is 3.88. The first-order valence-electron chi connectivity index (χ1n) is 5.71. The van der Waals surface area contributed by atoms with Gasteiger partial charge in [0, 0.05) is 31.2 Å². The zero-order valence-electron chi connectivity index (χ0n) is 9.53. The third kappa shape index (κ3) is 2.68. The summed E-state index contributed by atoms with van der Waals surface area (Å²) in [5.74, 6) is 0. The molecule has 0 aliphatic heterocycles. The average Bonchev–Trinajstić information content (AvgIpc) is 2.96. The van der Waals surface area contributed by atoms with Crippen molar-refractivity contribution in [2.75, 3.05) is 0 Å². The maximum Gasteiger partial charge on any atom is 0.0948 e. The van der Waals surface area contributed by atoms with Gasteiger partial charge < -0.3 is 4.57 Å². The first kappa shape index (κ1) is 10.9. The Labute approximate surface area is 95.1 Å². The topological polar surface area (TPSA) is 48.5 Å². The van der Waals surface area contributed by atoms with Crippen LogP contribution in [0.25, 0.3) is 0 Å². The SMILES string of the molecule is CCC(CCCn1ccnn1)n1ccnc1. The van der Waals surface area contributed by atoms with Crippen molar-refractivity contribution in [3.63, 3.8) is 0 Å². The van der Waals surface area contributed by atoms with Gasteiger partial charge in [0.2, 0.25) is 0 Å². The van der Waals surface area contributed by atoms with E-state index >= 15 is 0 Å². The van der Waals surface area contributed by atoms with Gasteiger partial charge in [-0.25, -0.2) is 4.98 Å². The van der Waals surface area contributed by atoms with Crippen molar-refractivity contribution in [1.29, 1.82) is 0 Å². The molecule has 0 saturated carbocycles. The Hall–Kier alpha value is -1.65. The largest absolute Gasteiger partial charge is 0.334 e. The number of hydrogen-bond donors (Lipinski definition) is 0. The maximum atomic E-state index is 4.08. The lowest BCUT2D eigenvalue weighted by Gasteiger charge is -2.15. The molecular weight excluding hydrogens is 202 g/mol. The van der Waals surface area contributed by atoms with Crippen LogP contribution in [0.15, 0.2) is 31.1 Å². The Morgan fingerprint density at radius 3 is 2.81 bits per heavy atom. The minimum absolute atomic E-state index is 0.547. The average molecular weight is 219 g/mol. The highest BCUT2D eigenvalue weighted by atomic mass is 15.4. The molecule has 0 radical (unpaired) electrons. The molecule has 0 aliphatic rings. The van der Waals surface area contributed by atoms with Crippen LogP contribution in [0.3, 0.4) is 0 Å². The predicted octanol–water partition coefficient (Wildman–Crippen LogP) is 1.91. The van der Waals surface area contributed by atoms with Gasteiger partial charge in [0.05, 0.1) is 12.5 Å². The van der Waals surface area contributed by atoms with Gasteiger partial charge in [0.25, 0.3) is 0 Å². The Morgan fingerprint density at radius 1 is 1.25 bits per heavy atom. The van der Waals surface area contributed by atoms with Crippen molar-refractivity contribution < 1.29 is 0 Å². The summed E-state index contributed by atoms with van der Waals surface area (Å²) < 4.78 is 4.06. The summed E-state index contributed by atoms with van der Waals surface area (Å²) in [6, 6.07) is 0.547. The number of nitrogens with zero attached hydrogens (tertiary/aromatic N) is 5. The van der Waals surface area contributed by atoms with E-state index in [-0.39, 0.29) is 0 Å². The number of hydrogen-bond acceptors (Lipinski definition) is 3. The van der Waals surface area contributed by atoms with E-state index in [4.69, 9.17) is 0 Å². The zero-order chi connectivity index (χ0) is 11.2. The molecule has 0 aliphatic carbocycles. The Kier molecular flexibility index (Phi) is 3.69. The molecule has 2 rings (SSSR count). The van der Waals surface area contributed by atoms with Crippen LogP contribution in [0.1, 0.15) is 32.2 Å². The fraction of sp³-hybridized carbons (Fsp3) is 0.545. The van der Waals surface area contributed by atoms with Crippen LogP contribution < -0.4 is 0 Å². The van der Waals surface area contributed by atoms with E-state index in [1.165, 1.54) is 0 Å². The van der Waals surface area contributed by atoms with E-state index in [1.54, 1.807) is 6.20 Å². The lowest BCUT2D eigenvalue weighted by Crippen LogP contribution is -2.08. The van der Waals surface area contributed by atoms with Crippen molar-refractivity contribution in [3.05, 3.63) is 31.1 Å². The normalized spacial score (nSPS) is 12.8. The Morgan fingerprint density at radius 2 is 2.19 bits per heavy atom. The zero-order valence-corrected chi connectivity index (χ0v) is 9.53. The van der Waals surface area contributed by atoms with Crippen LogP contribution in [0.2, 0.25) is 0 Å². The molecule has 5 heteroatoms. The summed E-state index contributed by atoms with van der Waals surface area (Å²) in [4.78, 5) is 4.08. The molecule has 16 heavy (non-hydrogen) atoms. The number of rotatable bonds is 6. The van der Waals surface area contributed by atoms with Gasteiger partial charge in [-0.15, -0.1) is 5.10 Å². The predicted molar refractivity (Wildman–Crippen MR) is 60.8 cm³/mol. The summed E-state index contributed by atoms with van der Waals surface area (Å²) in [7, 11) is 0. The molecule has 0 bridgehead atoms. The monoisotopic (exact) mass is 219 g/mol.